The van der Waals surface area contributed by atoms with E-state index in [0.29, 0.717) is 37.7 Å². The molecule has 2 saturated heterocycles. The van der Waals surface area contributed by atoms with Crippen molar-refractivity contribution < 1.29 is 58.2 Å². The van der Waals surface area contributed by atoms with Crippen molar-refractivity contribution in [1.82, 2.24) is 0 Å². The molecule has 3 heterocycles. The van der Waals surface area contributed by atoms with E-state index >= 15 is 0 Å². The summed E-state index contributed by atoms with van der Waals surface area (Å²) in [6.07, 6.45) is 17.2. The van der Waals surface area contributed by atoms with Gasteiger partial charge in [0.15, 0.2) is 5.79 Å². The van der Waals surface area contributed by atoms with Gasteiger partial charge in [-0.25, -0.2) is 19.2 Å². The van der Waals surface area contributed by atoms with E-state index in [1.807, 2.05) is 13.0 Å². The predicted molar refractivity (Wildman–Crippen MR) is 188 cm³/mol. The number of rotatable bonds is 17. The van der Waals surface area contributed by atoms with Gasteiger partial charge in [-0.3, -0.25) is 0 Å². The van der Waals surface area contributed by atoms with Gasteiger partial charge in [0.1, 0.15) is 18.0 Å². The van der Waals surface area contributed by atoms with Gasteiger partial charge in [0.25, 0.3) is 0 Å². The van der Waals surface area contributed by atoms with E-state index in [1.54, 1.807) is 38.2 Å². The van der Waals surface area contributed by atoms with Gasteiger partial charge < -0.3 is 39.1 Å². The Morgan fingerprint density at radius 1 is 0.980 bits per heavy atom. The van der Waals surface area contributed by atoms with Crippen LogP contribution in [0.4, 0.5) is 0 Å². The van der Waals surface area contributed by atoms with Crippen molar-refractivity contribution in [3.8, 4) is 0 Å². The molecule has 7 atom stereocenters. The third-order valence-electron chi connectivity index (χ3n) is 9.51. The highest BCUT2D eigenvalue weighted by Crippen LogP contribution is 2.48. The van der Waals surface area contributed by atoms with Gasteiger partial charge in [0.05, 0.1) is 17.8 Å². The summed E-state index contributed by atoms with van der Waals surface area (Å²) >= 11 is 0. The number of aliphatic carboxylic acids is 2. The van der Waals surface area contributed by atoms with E-state index in [-0.39, 0.29) is 29.3 Å². The fraction of sp³-hybridized carbons (Fsp3) is 0.538. The minimum absolute atomic E-state index is 0.0371. The minimum atomic E-state index is -1.31. The molecule has 0 aliphatic carbocycles. The lowest BCUT2D eigenvalue weighted by Gasteiger charge is -2.53. The van der Waals surface area contributed by atoms with Gasteiger partial charge in [-0.15, -0.1) is 0 Å². The number of aliphatic hydroxyl groups is 1. The fourth-order valence-corrected chi connectivity index (χ4v) is 6.32. The Bertz CT molecular complexity index is 1530. The zero-order chi connectivity index (χ0) is 37.8. The molecule has 1 aromatic rings. The van der Waals surface area contributed by atoms with Crippen molar-refractivity contribution in [2.45, 2.75) is 122 Å². The Morgan fingerprint density at radius 2 is 1.73 bits per heavy atom. The number of carbonyl (C=O) groups excluding carboxylic acids is 1. The van der Waals surface area contributed by atoms with E-state index in [9.17, 15) is 34.5 Å². The quantitative estimate of drug-likeness (QED) is 0.0548. The summed E-state index contributed by atoms with van der Waals surface area (Å²) in [7, 11) is 0. The summed E-state index contributed by atoms with van der Waals surface area (Å²) in [6, 6.07) is 1.12. The highest BCUT2D eigenvalue weighted by atomic mass is 16.7. The van der Waals surface area contributed by atoms with Crippen LogP contribution in [0.5, 0.6) is 0 Å². The second-order valence-corrected chi connectivity index (χ2v) is 13.7. The molecule has 280 valence electrons. The number of ether oxygens (including phenoxy) is 3. The molecule has 2 aliphatic heterocycles. The number of carboxylic acids is 3. The Hall–Kier alpha value is -4.26. The van der Waals surface area contributed by atoms with Crippen molar-refractivity contribution in [1.29, 1.82) is 0 Å². The van der Waals surface area contributed by atoms with Gasteiger partial charge in [-0.1, -0.05) is 75.6 Å². The number of esters is 1. The number of carbonyl (C=O) groups is 4. The molecule has 0 amide bonds. The SMILES string of the molecule is CCCCC[C@@]1(OC(=O)c2coc(C(=O)O)c2)CC[C@]2(CC[C@H](C)[C@@H](CC=C(C)C=C[C@H](O)[C@@H](C)C=CC(=O)O)O2)O[C@H]1C=CC(C)=CC(=O)O. The van der Waals surface area contributed by atoms with Crippen LogP contribution in [0.3, 0.4) is 0 Å². The van der Waals surface area contributed by atoms with E-state index in [0.717, 1.165) is 55.7 Å². The number of carboxylic acid groups (broad SMARTS) is 3. The van der Waals surface area contributed by atoms with Crippen LogP contribution >= 0.6 is 0 Å². The second kappa shape index (κ2) is 18.8. The zero-order valence-corrected chi connectivity index (χ0v) is 30.1. The lowest BCUT2D eigenvalue weighted by atomic mass is 9.78. The highest BCUT2D eigenvalue weighted by Gasteiger charge is 2.54. The Morgan fingerprint density at radius 3 is 2.37 bits per heavy atom. The summed E-state index contributed by atoms with van der Waals surface area (Å²) in [6.45, 7) is 9.47. The average molecular weight is 713 g/mol. The van der Waals surface area contributed by atoms with Gasteiger partial charge in [0.2, 0.25) is 5.76 Å². The predicted octanol–water partition coefficient (Wildman–Crippen LogP) is 7.26. The number of aromatic carboxylic acids is 1. The third-order valence-corrected chi connectivity index (χ3v) is 9.51. The van der Waals surface area contributed by atoms with E-state index in [4.69, 9.17) is 23.7 Å². The molecule has 1 spiro atoms. The number of hydrogen-bond donors (Lipinski definition) is 4. The standard InChI is InChI=1S/C39H52O12/c1-6-7-8-18-38(51-37(47)29-23-32(36(45)46)48-24-29)20-21-39(50-33(38)15-11-26(3)22-35(43)44)19-17-28(5)31(49-39)14-10-25(2)9-13-30(40)27(4)12-16-34(41)42/h9-13,15-16,22-24,27-28,30-31,33,40H,6-8,14,17-21H2,1-5H3,(H,41,42)(H,43,44)(H,45,46)/t27-,28-,30-,31+,33-,38+,39-/m0/s1. The van der Waals surface area contributed by atoms with Crippen LogP contribution in [-0.4, -0.2) is 74.0 Å². The van der Waals surface area contributed by atoms with Crippen LogP contribution < -0.4 is 0 Å². The van der Waals surface area contributed by atoms with Crippen LogP contribution in [0.2, 0.25) is 0 Å². The van der Waals surface area contributed by atoms with Gasteiger partial charge >= 0.3 is 23.9 Å². The first-order valence-corrected chi connectivity index (χ1v) is 17.5. The van der Waals surface area contributed by atoms with Crippen LogP contribution in [0.15, 0.2) is 76.5 Å². The Kier molecular flexibility index (Phi) is 15.2. The first-order valence-electron chi connectivity index (χ1n) is 17.5. The van der Waals surface area contributed by atoms with Crippen molar-refractivity contribution in [3.05, 3.63) is 83.4 Å². The van der Waals surface area contributed by atoms with Crippen LogP contribution in [0, 0.1) is 11.8 Å². The third kappa shape index (κ3) is 12.2. The smallest absolute Gasteiger partial charge is 0.371 e. The van der Waals surface area contributed by atoms with Gasteiger partial charge in [0, 0.05) is 37.0 Å². The van der Waals surface area contributed by atoms with Crippen molar-refractivity contribution in [3.63, 3.8) is 0 Å². The van der Waals surface area contributed by atoms with E-state index in [2.05, 4.69) is 13.8 Å². The van der Waals surface area contributed by atoms with Crippen LogP contribution in [0.25, 0.3) is 0 Å². The molecule has 0 aromatic carbocycles. The molecule has 3 rings (SSSR count). The van der Waals surface area contributed by atoms with Gasteiger partial charge in [-0.05, 0) is 57.4 Å². The van der Waals surface area contributed by atoms with Crippen molar-refractivity contribution in [2.75, 3.05) is 0 Å². The zero-order valence-electron chi connectivity index (χ0n) is 30.1. The number of furan rings is 1. The molecule has 2 fully saturated rings. The molecule has 2 aliphatic rings. The number of allylic oxidation sites excluding steroid dienone is 4. The summed E-state index contributed by atoms with van der Waals surface area (Å²) in [5.41, 5.74) is 0.170. The molecule has 0 saturated carbocycles. The maximum Gasteiger partial charge on any atom is 0.371 e. The summed E-state index contributed by atoms with van der Waals surface area (Å²) in [5.74, 6) is -5.80. The topological polar surface area (TPSA) is 190 Å². The monoisotopic (exact) mass is 712 g/mol. The van der Waals surface area contributed by atoms with Crippen molar-refractivity contribution >= 4 is 23.9 Å². The fourth-order valence-electron chi connectivity index (χ4n) is 6.32. The number of unbranched alkanes of at least 4 members (excludes halogenated alkanes) is 2. The molecule has 12 heteroatoms. The molecular weight excluding hydrogens is 660 g/mol. The number of hydrogen-bond acceptors (Lipinski definition) is 9. The molecule has 1 aromatic heterocycles. The van der Waals surface area contributed by atoms with E-state index in [1.165, 1.54) is 6.08 Å². The molecular formula is C39H52O12. The van der Waals surface area contributed by atoms with Crippen LogP contribution in [-0.2, 0) is 23.8 Å². The molecule has 0 unspecified atom stereocenters. The molecule has 0 bridgehead atoms. The molecule has 0 radical (unpaired) electrons. The Balaban J connectivity index is 1.88. The summed E-state index contributed by atoms with van der Waals surface area (Å²) in [5, 5.41) is 37.8. The Labute approximate surface area is 299 Å². The largest absolute Gasteiger partial charge is 0.478 e. The highest BCUT2D eigenvalue weighted by molar-refractivity contribution is 5.93. The average Bonchev–Trinajstić information content (AvgIpc) is 3.58. The second-order valence-electron chi connectivity index (χ2n) is 13.7. The summed E-state index contributed by atoms with van der Waals surface area (Å²) < 4.78 is 24.9. The lowest BCUT2D eigenvalue weighted by molar-refractivity contribution is -0.343. The maximum atomic E-state index is 13.5. The van der Waals surface area contributed by atoms with Crippen molar-refractivity contribution in [2.24, 2.45) is 11.8 Å². The number of aliphatic hydroxyl groups excluding tert-OH is 1. The normalized spacial score (nSPS) is 27.3. The minimum Gasteiger partial charge on any atom is -0.478 e. The lowest BCUT2D eigenvalue weighted by Crippen LogP contribution is -2.59. The summed E-state index contributed by atoms with van der Waals surface area (Å²) in [4.78, 5) is 47.0. The first kappa shape index (κ1) is 41.2. The van der Waals surface area contributed by atoms with Gasteiger partial charge in [-0.2, -0.15) is 0 Å². The molecule has 4 N–H and O–H groups in total. The maximum absolute atomic E-state index is 13.5. The molecule has 12 nitrogen and oxygen atoms in total. The van der Waals surface area contributed by atoms with Crippen LogP contribution in [0.1, 0.15) is 113 Å². The molecule has 51 heavy (non-hydrogen) atoms. The first-order chi connectivity index (χ1) is 24.1. The van der Waals surface area contributed by atoms with E-state index < -0.39 is 47.5 Å².